The number of rotatable bonds is 9. The Bertz CT molecular complexity index is 924. The van der Waals surface area contributed by atoms with E-state index in [9.17, 15) is 9.59 Å². The van der Waals surface area contributed by atoms with E-state index < -0.39 is 11.4 Å². The molecule has 0 saturated heterocycles. The van der Waals surface area contributed by atoms with Gasteiger partial charge in [0.2, 0.25) is 5.91 Å². The summed E-state index contributed by atoms with van der Waals surface area (Å²) in [5, 5.41) is 6.10. The van der Waals surface area contributed by atoms with Crippen LogP contribution in [0, 0.1) is 5.92 Å². The van der Waals surface area contributed by atoms with E-state index in [4.69, 9.17) is 16.3 Å². The molecule has 0 radical (unpaired) electrons. The molecular weight excluding hydrogens is 402 g/mol. The molecule has 0 atom stereocenters. The average molecular weight is 430 g/mol. The fourth-order valence-corrected chi connectivity index (χ4v) is 3.54. The first-order chi connectivity index (χ1) is 14.4. The highest BCUT2D eigenvalue weighted by atomic mass is 35.5. The fraction of sp³-hybridized carbons (Fsp3) is 0.435. The Labute approximate surface area is 182 Å². The lowest BCUT2D eigenvalue weighted by atomic mass is 9.91. The Morgan fingerprint density at radius 2 is 1.93 bits per heavy atom. The van der Waals surface area contributed by atoms with E-state index in [1.807, 2.05) is 26.0 Å². The van der Waals surface area contributed by atoms with Crippen molar-refractivity contribution >= 4 is 23.4 Å². The topological polar surface area (TPSA) is 80.3 Å². The van der Waals surface area contributed by atoms with Gasteiger partial charge in [-0.1, -0.05) is 37.6 Å². The molecule has 2 N–H and O–H groups in total. The molecule has 160 valence electrons. The van der Waals surface area contributed by atoms with Crippen molar-refractivity contribution in [3.63, 3.8) is 0 Å². The number of carbonyl (C=O) groups is 2. The molecule has 2 amide bonds. The molecule has 1 fully saturated rings. The van der Waals surface area contributed by atoms with Gasteiger partial charge in [-0.25, -0.2) is 4.98 Å². The Balaban J connectivity index is 1.93. The highest BCUT2D eigenvalue weighted by molar-refractivity contribution is 6.30. The van der Waals surface area contributed by atoms with E-state index in [0.717, 1.165) is 5.56 Å². The summed E-state index contributed by atoms with van der Waals surface area (Å²) in [5.74, 6) is 0.575. The van der Waals surface area contributed by atoms with Gasteiger partial charge in [0.25, 0.3) is 5.91 Å². The van der Waals surface area contributed by atoms with Crippen molar-refractivity contribution in [2.45, 2.75) is 45.1 Å². The highest BCUT2D eigenvalue weighted by Gasteiger charge is 2.36. The van der Waals surface area contributed by atoms with Crippen LogP contribution in [-0.2, 0) is 4.79 Å². The summed E-state index contributed by atoms with van der Waals surface area (Å²) in [4.78, 5) is 30.0. The third-order valence-electron chi connectivity index (χ3n) is 5.58. The van der Waals surface area contributed by atoms with E-state index in [2.05, 4.69) is 15.6 Å². The minimum Gasteiger partial charge on any atom is -0.491 e. The second-order valence-corrected chi connectivity index (χ2v) is 8.07. The summed E-state index contributed by atoms with van der Waals surface area (Å²) < 4.78 is 5.99. The zero-order chi connectivity index (χ0) is 21.7. The standard InChI is InChI=1S/C23H28ClN3O3/c1-4-23(5-2,22(29)25-3)27-21(28)18-11-12-19(30-14-15-9-10-15)20(26-18)16-7-6-8-17(24)13-16/h6-8,11-13,15H,4-5,9-10,14H2,1-3H3,(H,25,29)(H,27,28). The number of likely N-dealkylation sites (N-methyl/N-ethyl adjacent to an activating group) is 1. The fourth-order valence-electron chi connectivity index (χ4n) is 3.35. The zero-order valence-electron chi connectivity index (χ0n) is 17.6. The molecule has 1 aliphatic rings. The lowest BCUT2D eigenvalue weighted by Crippen LogP contribution is -2.57. The molecule has 0 aliphatic heterocycles. The van der Waals surface area contributed by atoms with Crippen LogP contribution in [0.2, 0.25) is 5.02 Å². The number of halogens is 1. The van der Waals surface area contributed by atoms with Gasteiger partial charge in [-0.15, -0.1) is 0 Å². The molecule has 1 heterocycles. The Kier molecular flexibility index (Phi) is 6.98. The lowest BCUT2D eigenvalue weighted by molar-refractivity contribution is -0.127. The summed E-state index contributed by atoms with van der Waals surface area (Å²) in [7, 11) is 1.57. The van der Waals surface area contributed by atoms with Crippen LogP contribution in [0.25, 0.3) is 11.3 Å². The Hall–Kier alpha value is -2.60. The molecule has 0 unspecified atom stereocenters. The molecule has 1 aromatic heterocycles. The molecule has 6 nitrogen and oxygen atoms in total. The van der Waals surface area contributed by atoms with E-state index in [0.29, 0.717) is 41.8 Å². The quantitative estimate of drug-likeness (QED) is 0.625. The van der Waals surface area contributed by atoms with Crippen molar-refractivity contribution in [2.24, 2.45) is 5.92 Å². The Morgan fingerprint density at radius 3 is 2.53 bits per heavy atom. The molecule has 30 heavy (non-hydrogen) atoms. The number of nitrogens with zero attached hydrogens (tertiary/aromatic N) is 1. The van der Waals surface area contributed by atoms with Crippen molar-refractivity contribution in [2.75, 3.05) is 13.7 Å². The summed E-state index contributed by atoms with van der Waals surface area (Å²) >= 11 is 6.17. The molecule has 7 heteroatoms. The molecular formula is C23H28ClN3O3. The Morgan fingerprint density at radius 1 is 1.20 bits per heavy atom. The summed E-state index contributed by atoms with van der Waals surface area (Å²) in [6, 6.07) is 10.7. The van der Waals surface area contributed by atoms with Gasteiger partial charge in [0.1, 0.15) is 22.7 Å². The smallest absolute Gasteiger partial charge is 0.270 e. The maximum atomic E-state index is 13.0. The van der Waals surface area contributed by atoms with Crippen molar-refractivity contribution in [1.29, 1.82) is 0 Å². The first-order valence-corrected chi connectivity index (χ1v) is 10.7. The summed E-state index contributed by atoms with van der Waals surface area (Å²) in [6.07, 6.45) is 3.29. The van der Waals surface area contributed by atoms with E-state index in [1.165, 1.54) is 12.8 Å². The van der Waals surface area contributed by atoms with Crippen molar-refractivity contribution in [3.05, 3.63) is 47.1 Å². The van der Waals surface area contributed by atoms with Gasteiger partial charge in [0.05, 0.1) is 6.61 Å². The van der Waals surface area contributed by atoms with Gasteiger partial charge in [-0.05, 0) is 55.9 Å². The van der Waals surface area contributed by atoms with Crippen LogP contribution in [0.5, 0.6) is 5.75 Å². The highest BCUT2D eigenvalue weighted by Crippen LogP contribution is 2.34. The number of pyridine rings is 1. The van der Waals surface area contributed by atoms with E-state index in [1.54, 1.807) is 31.3 Å². The molecule has 2 aromatic rings. The molecule has 1 saturated carbocycles. The number of hydrogen-bond acceptors (Lipinski definition) is 4. The largest absolute Gasteiger partial charge is 0.491 e. The van der Waals surface area contributed by atoms with Crippen molar-refractivity contribution in [3.8, 4) is 17.0 Å². The predicted octanol–water partition coefficient (Wildman–Crippen LogP) is 4.23. The minimum atomic E-state index is -0.981. The predicted molar refractivity (Wildman–Crippen MR) is 118 cm³/mol. The number of ether oxygens (including phenoxy) is 1. The minimum absolute atomic E-state index is 0.221. The maximum absolute atomic E-state index is 13.0. The summed E-state index contributed by atoms with van der Waals surface area (Å²) in [5.41, 5.74) is 0.569. The zero-order valence-corrected chi connectivity index (χ0v) is 18.4. The van der Waals surface area contributed by atoms with Crippen LogP contribution in [0.4, 0.5) is 0 Å². The van der Waals surface area contributed by atoms with Crippen LogP contribution in [0.15, 0.2) is 36.4 Å². The van der Waals surface area contributed by atoms with Crippen LogP contribution in [0.1, 0.15) is 50.0 Å². The van der Waals surface area contributed by atoms with E-state index >= 15 is 0 Å². The third kappa shape index (κ3) is 4.93. The van der Waals surface area contributed by atoms with Gasteiger partial charge < -0.3 is 15.4 Å². The SMILES string of the molecule is CCC(CC)(NC(=O)c1ccc(OCC2CC2)c(-c2cccc(Cl)c2)n1)C(=O)NC. The second-order valence-electron chi connectivity index (χ2n) is 7.63. The maximum Gasteiger partial charge on any atom is 0.270 e. The van der Waals surface area contributed by atoms with Crippen molar-refractivity contribution < 1.29 is 14.3 Å². The van der Waals surface area contributed by atoms with Gasteiger partial charge in [0, 0.05) is 17.6 Å². The van der Waals surface area contributed by atoms with Gasteiger partial charge in [0.15, 0.2) is 0 Å². The lowest BCUT2D eigenvalue weighted by Gasteiger charge is -2.30. The molecule has 1 aromatic carbocycles. The third-order valence-corrected chi connectivity index (χ3v) is 5.82. The molecule has 0 bridgehead atoms. The van der Waals surface area contributed by atoms with Gasteiger partial charge in [-0.2, -0.15) is 0 Å². The first kappa shape index (κ1) is 22.1. The van der Waals surface area contributed by atoms with Gasteiger partial charge in [-0.3, -0.25) is 9.59 Å². The molecule has 0 spiro atoms. The number of hydrogen-bond donors (Lipinski definition) is 2. The van der Waals surface area contributed by atoms with Crippen LogP contribution < -0.4 is 15.4 Å². The number of benzene rings is 1. The normalized spacial score (nSPS) is 13.6. The first-order valence-electron chi connectivity index (χ1n) is 10.4. The second kappa shape index (κ2) is 9.47. The average Bonchev–Trinajstić information content (AvgIpc) is 3.60. The van der Waals surface area contributed by atoms with E-state index in [-0.39, 0.29) is 11.6 Å². The number of amides is 2. The van der Waals surface area contributed by atoms with Crippen LogP contribution in [0.3, 0.4) is 0 Å². The number of nitrogens with one attached hydrogen (secondary N) is 2. The van der Waals surface area contributed by atoms with Gasteiger partial charge >= 0.3 is 0 Å². The van der Waals surface area contributed by atoms with Crippen molar-refractivity contribution in [1.82, 2.24) is 15.6 Å². The number of aromatic nitrogens is 1. The molecule has 3 rings (SSSR count). The monoisotopic (exact) mass is 429 g/mol. The van der Waals surface area contributed by atoms with Crippen LogP contribution >= 0.6 is 11.6 Å². The number of carbonyl (C=O) groups excluding carboxylic acids is 2. The summed E-state index contributed by atoms with van der Waals surface area (Å²) in [6.45, 7) is 4.38. The van der Waals surface area contributed by atoms with Crippen LogP contribution in [-0.4, -0.2) is 36.0 Å². The molecule has 1 aliphatic carbocycles.